The Balaban J connectivity index is 1.15. The van der Waals surface area contributed by atoms with Crippen LogP contribution in [0.3, 0.4) is 0 Å². The summed E-state index contributed by atoms with van der Waals surface area (Å²) in [5.41, 5.74) is 2.06. The average molecular weight is 442 g/mol. The van der Waals surface area contributed by atoms with E-state index in [0.29, 0.717) is 28.9 Å². The van der Waals surface area contributed by atoms with Crippen LogP contribution in [0.4, 0.5) is 0 Å². The van der Waals surface area contributed by atoms with E-state index in [1.165, 1.54) is 4.68 Å². The molecule has 2 aliphatic rings. The van der Waals surface area contributed by atoms with Crippen molar-refractivity contribution >= 4 is 23.0 Å². The smallest absolute Gasteiger partial charge is 0.293 e. The molecule has 2 saturated carbocycles. The van der Waals surface area contributed by atoms with Crippen molar-refractivity contribution in [1.29, 1.82) is 0 Å². The molecule has 1 N–H and O–H groups in total. The molecule has 2 aromatic heterocycles. The molecular weight excluding hydrogens is 418 g/mol. The standard InChI is InChI=1S/C22H24ClN5O3/c1-13-25-27(22(30)20-10-19(14-6-7-14)26-28(13)20)11-21(29)24-16-8-17(9-16)31-12-15-4-2-3-5-18(15)23/h2-5,10,14,16-17H,6-9,11-12H2,1H3,(H,24,29)/t16-,17+. The number of carbonyl (C=O) groups excluding carboxylic acids is 1. The molecule has 5 rings (SSSR count). The van der Waals surface area contributed by atoms with E-state index in [-0.39, 0.29) is 30.2 Å². The number of aromatic nitrogens is 4. The molecule has 3 aromatic rings. The van der Waals surface area contributed by atoms with E-state index in [9.17, 15) is 9.59 Å². The van der Waals surface area contributed by atoms with Crippen LogP contribution < -0.4 is 10.9 Å². The molecule has 31 heavy (non-hydrogen) atoms. The molecule has 0 atom stereocenters. The van der Waals surface area contributed by atoms with Gasteiger partial charge in [0, 0.05) is 17.0 Å². The number of carbonyl (C=O) groups is 1. The minimum absolute atomic E-state index is 0.0423. The molecule has 0 spiro atoms. The van der Waals surface area contributed by atoms with Crippen LogP contribution in [0.1, 0.15) is 48.7 Å². The van der Waals surface area contributed by atoms with Crippen LogP contribution in [0, 0.1) is 6.92 Å². The van der Waals surface area contributed by atoms with E-state index in [2.05, 4.69) is 15.5 Å². The van der Waals surface area contributed by atoms with E-state index < -0.39 is 0 Å². The van der Waals surface area contributed by atoms with Crippen molar-refractivity contribution < 1.29 is 9.53 Å². The number of hydrogen-bond acceptors (Lipinski definition) is 5. The molecule has 1 aromatic carbocycles. The third kappa shape index (κ3) is 4.22. The van der Waals surface area contributed by atoms with Crippen molar-refractivity contribution in [3.8, 4) is 0 Å². The second-order valence-corrected chi connectivity index (χ2v) is 8.82. The number of amides is 1. The first-order valence-corrected chi connectivity index (χ1v) is 11.0. The number of halogens is 1. The third-order valence-electron chi connectivity index (χ3n) is 5.94. The predicted molar refractivity (Wildman–Crippen MR) is 115 cm³/mol. The SMILES string of the molecule is Cc1nn(CC(=O)N[C@H]2C[C@@H](OCc3ccccc3Cl)C2)c(=O)c2cc(C3CC3)nn12. The van der Waals surface area contributed by atoms with Crippen molar-refractivity contribution in [3.63, 3.8) is 0 Å². The van der Waals surface area contributed by atoms with Gasteiger partial charge in [-0.1, -0.05) is 29.8 Å². The summed E-state index contributed by atoms with van der Waals surface area (Å²) < 4.78 is 8.68. The van der Waals surface area contributed by atoms with Crippen molar-refractivity contribution in [1.82, 2.24) is 24.7 Å². The molecule has 0 radical (unpaired) electrons. The summed E-state index contributed by atoms with van der Waals surface area (Å²) in [6.45, 7) is 2.14. The maximum Gasteiger partial charge on any atom is 0.293 e. The van der Waals surface area contributed by atoms with Crippen LogP contribution in [0.5, 0.6) is 0 Å². The maximum absolute atomic E-state index is 12.8. The molecule has 2 aliphatic carbocycles. The van der Waals surface area contributed by atoms with Crippen LogP contribution in [0.25, 0.3) is 5.52 Å². The maximum atomic E-state index is 12.8. The molecule has 8 nitrogen and oxygen atoms in total. The zero-order chi connectivity index (χ0) is 21.5. The van der Waals surface area contributed by atoms with Gasteiger partial charge in [0.25, 0.3) is 5.56 Å². The molecular formula is C22H24ClN5O3. The van der Waals surface area contributed by atoms with Crippen LogP contribution in [0.15, 0.2) is 35.1 Å². The number of aryl methyl sites for hydroxylation is 1. The van der Waals surface area contributed by atoms with Gasteiger partial charge in [0.05, 0.1) is 18.4 Å². The Morgan fingerprint density at radius 2 is 2.03 bits per heavy atom. The number of ether oxygens (including phenoxy) is 1. The first-order chi connectivity index (χ1) is 15.0. The fourth-order valence-electron chi connectivity index (χ4n) is 3.93. The molecule has 0 aliphatic heterocycles. The largest absolute Gasteiger partial charge is 0.373 e. The molecule has 2 heterocycles. The van der Waals surface area contributed by atoms with Gasteiger partial charge in [-0.3, -0.25) is 9.59 Å². The Hall–Kier alpha value is -2.71. The van der Waals surface area contributed by atoms with Gasteiger partial charge in [0.2, 0.25) is 5.91 Å². The summed E-state index contributed by atoms with van der Waals surface area (Å²) in [5.74, 6) is 0.808. The molecule has 0 saturated heterocycles. The summed E-state index contributed by atoms with van der Waals surface area (Å²) in [4.78, 5) is 25.2. The van der Waals surface area contributed by atoms with E-state index in [1.54, 1.807) is 11.4 Å². The number of fused-ring (bicyclic) bond motifs is 1. The summed E-state index contributed by atoms with van der Waals surface area (Å²) in [6, 6.07) is 9.48. The number of nitrogens with zero attached hydrogens (tertiary/aromatic N) is 4. The van der Waals surface area contributed by atoms with Crippen LogP contribution in [0.2, 0.25) is 5.02 Å². The van der Waals surface area contributed by atoms with Crippen LogP contribution in [-0.2, 0) is 22.7 Å². The quantitative estimate of drug-likeness (QED) is 0.608. The van der Waals surface area contributed by atoms with Crippen LogP contribution >= 0.6 is 11.6 Å². The summed E-state index contributed by atoms with van der Waals surface area (Å²) in [7, 11) is 0. The van der Waals surface area contributed by atoms with E-state index in [4.69, 9.17) is 16.3 Å². The highest BCUT2D eigenvalue weighted by molar-refractivity contribution is 6.31. The highest BCUT2D eigenvalue weighted by Crippen LogP contribution is 2.39. The monoisotopic (exact) mass is 441 g/mol. The Morgan fingerprint density at radius 3 is 2.77 bits per heavy atom. The van der Waals surface area contributed by atoms with Gasteiger partial charge in [-0.15, -0.1) is 0 Å². The second-order valence-electron chi connectivity index (χ2n) is 8.41. The minimum atomic E-state index is -0.297. The Labute approximate surface area is 184 Å². The first kappa shape index (κ1) is 20.2. The van der Waals surface area contributed by atoms with Gasteiger partial charge >= 0.3 is 0 Å². The van der Waals surface area contributed by atoms with Crippen molar-refractivity contribution in [2.45, 2.75) is 63.8 Å². The van der Waals surface area contributed by atoms with Gasteiger partial charge in [0.15, 0.2) is 0 Å². The van der Waals surface area contributed by atoms with Crippen molar-refractivity contribution in [2.75, 3.05) is 0 Å². The molecule has 9 heteroatoms. The third-order valence-corrected chi connectivity index (χ3v) is 6.30. The number of nitrogens with one attached hydrogen (secondary N) is 1. The lowest BCUT2D eigenvalue weighted by Gasteiger charge is -2.35. The zero-order valence-corrected chi connectivity index (χ0v) is 18.0. The average Bonchev–Trinajstić information content (AvgIpc) is 3.46. The number of rotatable bonds is 7. The lowest BCUT2D eigenvalue weighted by molar-refractivity contribution is -0.124. The lowest BCUT2D eigenvalue weighted by Crippen LogP contribution is -2.49. The topological polar surface area (TPSA) is 90.5 Å². The number of benzene rings is 1. The molecule has 1 amide bonds. The Kier molecular flexibility index (Phi) is 5.27. The Bertz CT molecular complexity index is 1190. The van der Waals surface area contributed by atoms with Crippen molar-refractivity contribution in [3.05, 3.63) is 62.8 Å². The zero-order valence-electron chi connectivity index (χ0n) is 17.3. The summed E-state index contributed by atoms with van der Waals surface area (Å²) in [6.07, 6.45) is 3.79. The minimum Gasteiger partial charge on any atom is -0.373 e. The molecule has 0 bridgehead atoms. The van der Waals surface area contributed by atoms with Gasteiger partial charge in [0.1, 0.15) is 17.9 Å². The Morgan fingerprint density at radius 1 is 1.26 bits per heavy atom. The predicted octanol–water partition coefficient (Wildman–Crippen LogP) is 2.59. The molecule has 0 unspecified atom stereocenters. The van der Waals surface area contributed by atoms with Gasteiger partial charge < -0.3 is 10.1 Å². The fraction of sp³-hybridized carbons (Fsp3) is 0.455. The van der Waals surface area contributed by atoms with Crippen LogP contribution in [-0.4, -0.2) is 37.4 Å². The summed E-state index contributed by atoms with van der Waals surface area (Å²) >= 11 is 6.15. The van der Waals surface area contributed by atoms with E-state index >= 15 is 0 Å². The van der Waals surface area contributed by atoms with Crippen molar-refractivity contribution in [2.24, 2.45) is 0 Å². The number of hydrogen-bond donors (Lipinski definition) is 1. The van der Waals surface area contributed by atoms with E-state index in [0.717, 1.165) is 36.9 Å². The highest BCUT2D eigenvalue weighted by Gasteiger charge is 2.31. The normalized spacial score (nSPS) is 20.6. The second kappa shape index (κ2) is 8.09. The fourth-order valence-corrected chi connectivity index (χ4v) is 4.12. The van der Waals surface area contributed by atoms with E-state index in [1.807, 2.05) is 30.3 Å². The highest BCUT2D eigenvalue weighted by atomic mass is 35.5. The molecule has 162 valence electrons. The summed E-state index contributed by atoms with van der Waals surface area (Å²) in [5, 5.41) is 12.4. The van der Waals surface area contributed by atoms with Gasteiger partial charge in [-0.2, -0.15) is 10.2 Å². The van der Waals surface area contributed by atoms with Gasteiger partial charge in [-0.05, 0) is 50.3 Å². The first-order valence-electron chi connectivity index (χ1n) is 10.6. The van der Waals surface area contributed by atoms with Gasteiger partial charge in [-0.25, -0.2) is 9.20 Å². The lowest BCUT2D eigenvalue weighted by atomic mass is 9.89. The molecule has 2 fully saturated rings.